The van der Waals surface area contributed by atoms with E-state index >= 15 is 0 Å². The lowest BCUT2D eigenvalue weighted by atomic mass is 10.2. The van der Waals surface area contributed by atoms with Gasteiger partial charge in [0.1, 0.15) is 5.82 Å². The Hall–Kier alpha value is -1.80. The van der Waals surface area contributed by atoms with Gasteiger partial charge < -0.3 is 5.32 Å². The molecular weight excluding hydrogens is 351 g/mol. The monoisotopic (exact) mass is 358 g/mol. The van der Waals surface area contributed by atoms with Crippen molar-refractivity contribution < 1.29 is 14.1 Å². The third-order valence-electron chi connectivity index (χ3n) is 2.46. The highest BCUT2D eigenvalue weighted by Crippen LogP contribution is 2.22. The Balaban J connectivity index is 2.07. The van der Waals surface area contributed by atoms with Crippen LogP contribution in [0.25, 0.3) is 0 Å². The van der Waals surface area contributed by atoms with Gasteiger partial charge in [0.25, 0.3) is 11.6 Å². The topological polar surface area (TPSA) is 72.2 Å². The van der Waals surface area contributed by atoms with Crippen LogP contribution < -0.4 is 5.32 Å². The average Bonchev–Trinajstić information content (AvgIpc) is 2.81. The number of hydrogen-bond donors (Lipinski definition) is 1. The van der Waals surface area contributed by atoms with Gasteiger partial charge in [-0.05, 0) is 34.1 Å². The number of nitro groups is 1. The number of benzene rings is 1. The number of carbonyl (C=O) groups excluding carboxylic acids is 1. The minimum atomic E-state index is -0.913. The molecule has 0 aliphatic heterocycles. The van der Waals surface area contributed by atoms with Gasteiger partial charge in [0.15, 0.2) is 0 Å². The minimum absolute atomic E-state index is 0.216. The molecule has 0 unspecified atom stereocenters. The first-order valence-corrected chi connectivity index (χ1v) is 7.04. The number of nitrogens with one attached hydrogen (secondary N) is 1. The molecule has 1 N–H and O–H groups in total. The van der Waals surface area contributed by atoms with E-state index in [1.54, 1.807) is 0 Å². The average molecular weight is 359 g/mol. The van der Waals surface area contributed by atoms with Crippen LogP contribution in [0.2, 0.25) is 0 Å². The summed E-state index contributed by atoms with van der Waals surface area (Å²) in [6.45, 7) is 0.269. The van der Waals surface area contributed by atoms with E-state index in [0.29, 0.717) is 0 Å². The number of rotatable bonds is 4. The van der Waals surface area contributed by atoms with Gasteiger partial charge in [-0.25, -0.2) is 4.39 Å². The van der Waals surface area contributed by atoms with Crippen molar-refractivity contribution in [2.75, 3.05) is 0 Å². The van der Waals surface area contributed by atoms with Crippen molar-refractivity contribution in [3.05, 3.63) is 60.5 Å². The van der Waals surface area contributed by atoms with Crippen LogP contribution in [0.1, 0.15) is 15.2 Å². The van der Waals surface area contributed by atoms with E-state index in [-0.39, 0.29) is 17.8 Å². The fourth-order valence-electron chi connectivity index (χ4n) is 1.51. The number of non-ortho nitro benzene ring substituents is 1. The van der Waals surface area contributed by atoms with Crippen LogP contribution in [0.3, 0.4) is 0 Å². The molecule has 0 aliphatic carbocycles. The summed E-state index contributed by atoms with van der Waals surface area (Å²) in [5.41, 5.74) is -0.604. The lowest BCUT2D eigenvalue weighted by Crippen LogP contribution is -2.23. The van der Waals surface area contributed by atoms with Crippen molar-refractivity contribution in [1.82, 2.24) is 5.32 Å². The molecule has 20 heavy (non-hydrogen) atoms. The molecule has 0 radical (unpaired) electrons. The van der Waals surface area contributed by atoms with Gasteiger partial charge in [0.2, 0.25) is 0 Å². The van der Waals surface area contributed by atoms with Crippen molar-refractivity contribution in [3.8, 4) is 0 Å². The van der Waals surface area contributed by atoms with Crippen LogP contribution in [0.4, 0.5) is 10.1 Å². The highest BCUT2D eigenvalue weighted by atomic mass is 79.9. The predicted octanol–water partition coefficient (Wildman–Crippen LogP) is 3.49. The molecule has 2 aromatic rings. The van der Waals surface area contributed by atoms with Crippen LogP contribution in [-0.4, -0.2) is 10.8 Å². The highest BCUT2D eigenvalue weighted by Gasteiger charge is 2.16. The van der Waals surface area contributed by atoms with Crippen molar-refractivity contribution >= 4 is 38.9 Å². The molecule has 0 spiro atoms. The predicted molar refractivity (Wildman–Crippen MR) is 76.2 cm³/mol. The van der Waals surface area contributed by atoms with Crippen LogP contribution in [0.15, 0.2) is 34.1 Å². The normalized spacial score (nSPS) is 10.3. The molecule has 8 heteroatoms. The van der Waals surface area contributed by atoms with Gasteiger partial charge in [-0.1, -0.05) is 0 Å². The summed E-state index contributed by atoms with van der Waals surface area (Å²) < 4.78 is 14.6. The second-order valence-electron chi connectivity index (χ2n) is 3.81. The first-order chi connectivity index (χ1) is 9.47. The van der Waals surface area contributed by atoms with Gasteiger partial charge in [-0.15, -0.1) is 11.3 Å². The maximum atomic E-state index is 13.6. The summed E-state index contributed by atoms with van der Waals surface area (Å²) in [4.78, 5) is 22.5. The molecule has 1 aromatic heterocycles. The summed E-state index contributed by atoms with van der Waals surface area (Å²) in [7, 11) is 0. The van der Waals surface area contributed by atoms with Crippen LogP contribution in [0, 0.1) is 15.9 Å². The Morgan fingerprint density at radius 1 is 1.40 bits per heavy atom. The third kappa shape index (κ3) is 3.40. The van der Waals surface area contributed by atoms with Crippen molar-refractivity contribution in [2.24, 2.45) is 0 Å². The van der Waals surface area contributed by atoms with E-state index in [9.17, 15) is 19.3 Å². The van der Waals surface area contributed by atoms with Crippen molar-refractivity contribution in [1.29, 1.82) is 0 Å². The molecule has 0 fully saturated rings. The summed E-state index contributed by atoms with van der Waals surface area (Å²) in [6, 6.07) is 6.61. The third-order valence-corrected chi connectivity index (χ3v) is 4.08. The Kier molecular flexibility index (Phi) is 4.46. The summed E-state index contributed by atoms with van der Waals surface area (Å²) >= 11 is 4.75. The van der Waals surface area contributed by atoms with E-state index in [1.807, 2.05) is 12.1 Å². The lowest BCUT2D eigenvalue weighted by Gasteiger charge is -2.04. The number of halogens is 2. The molecule has 1 amide bonds. The van der Waals surface area contributed by atoms with Gasteiger partial charge in [-0.3, -0.25) is 14.9 Å². The van der Waals surface area contributed by atoms with Crippen LogP contribution in [0.5, 0.6) is 0 Å². The SMILES string of the molecule is O=C(NCc1ccc(Br)s1)c1ccc([N+](=O)[O-])cc1F. The summed E-state index contributed by atoms with van der Waals surface area (Å²) in [5, 5.41) is 13.0. The van der Waals surface area contributed by atoms with Gasteiger partial charge in [-0.2, -0.15) is 0 Å². The lowest BCUT2D eigenvalue weighted by molar-refractivity contribution is -0.385. The molecular formula is C12H8BrFN2O3S. The molecule has 1 aromatic carbocycles. The largest absolute Gasteiger partial charge is 0.347 e. The second kappa shape index (κ2) is 6.10. The first-order valence-electron chi connectivity index (χ1n) is 5.43. The quantitative estimate of drug-likeness (QED) is 0.671. The first kappa shape index (κ1) is 14.6. The molecule has 0 bridgehead atoms. The maximum absolute atomic E-state index is 13.6. The Labute approximate surface area is 125 Å². The maximum Gasteiger partial charge on any atom is 0.272 e. The number of nitro benzene ring substituents is 1. The molecule has 0 atom stereocenters. The van der Waals surface area contributed by atoms with E-state index < -0.39 is 16.6 Å². The van der Waals surface area contributed by atoms with Crippen LogP contribution >= 0.6 is 27.3 Å². The molecule has 5 nitrogen and oxygen atoms in total. The van der Waals surface area contributed by atoms with Crippen molar-refractivity contribution in [2.45, 2.75) is 6.54 Å². The summed E-state index contributed by atoms with van der Waals surface area (Å²) in [6.07, 6.45) is 0. The summed E-state index contributed by atoms with van der Waals surface area (Å²) in [5.74, 6) is -1.52. The second-order valence-corrected chi connectivity index (χ2v) is 6.36. The number of hydrogen-bond acceptors (Lipinski definition) is 4. The minimum Gasteiger partial charge on any atom is -0.347 e. The number of carbonyl (C=O) groups is 1. The van der Waals surface area contributed by atoms with E-state index in [2.05, 4.69) is 21.2 Å². The van der Waals surface area contributed by atoms with E-state index in [4.69, 9.17) is 0 Å². The Morgan fingerprint density at radius 2 is 2.15 bits per heavy atom. The number of amides is 1. The van der Waals surface area contributed by atoms with Gasteiger partial charge >= 0.3 is 0 Å². The zero-order valence-corrected chi connectivity index (χ0v) is 12.3. The molecule has 0 saturated carbocycles. The van der Waals surface area contributed by atoms with Crippen molar-refractivity contribution in [3.63, 3.8) is 0 Å². The van der Waals surface area contributed by atoms with E-state index in [0.717, 1.165) is 26.9 Å². The van der Waals surface area contributed by atoms with Gasteiger partial charge in [0.05, 0.1) is 26.9 Å². The van der Waals surface area contributed by atoms with Crippen LogP contribution in [-0.2, 0) is 6.54 Å². The van der Waals surface area contributed by atoms with Gasteiger partial charge in [0, 0.05) is 10.9 Å². The molecule has 2 rings (SSSR count). The molecule has 1 heterocycles. The molecule has 0 saturated heterocycles. The Morgan fingerprint density at radius 3 is 2.70 bits per heavy atom. The number of thiophene rings is 1. The standard InChI is InChI=1S/C12H8BrFN2O3S/c13-11-4-2-8(20-11)6-15-12(17)9-3-1-7(16(18)19)5-10(9)14/h1-5H,6H2,(H,15,17). The molecule has 0 aliphatic rings. The molecule has 104 valence electrons. The van der Waals surface area contributed by atoms with E-state index in [1.165, 1.54) is 11.3 Å². The number of nitrogens with zero attached hydrogens (tertiary/aromatic N) is 1. The fourth-order valence-corrected chi connectivity index (χ4v) is 2.93. The Bertz CT molecular complexity index is 674. The highest BCUT2D eigenvalue weighted by molar-refractivity contribution is 9.11. The fraction of sp³-hybridized carbons (Fsp3) is 0.0833. The smallest absolute Gasteiger partial charge is 0.272 e. The zero-order valence-electron chi connectivity index (χ0n) is 9.93. The zero-order chi connectivity index (χ0) is 14.7.